The van der Waals surface area contributed by atoms with Crippen LogP contribution in [0.5, 0.6) is 0 Å². The van der Waals surface area contributed by atoms with Crippen LogP contribution in [-0.2, 0) is 4.79 Å². The van der Waals surface area contributed by atoms with Gasteiger partial charge in [-0.15, -0.1) is 0 Å². The molecule has 1 aliphatic carbocycles. The normalized spacial score (nSPS) is 15.2. The average molecular weight is 446 g/mol. The number of furan rings is 1. The molecule has 1 unspecified atom stereocenters. The smallest absolute Gasteiger partial charge is 0.294 e. The fourth-order valence-corrected chi connectivity index (χ4v) is 4.41. The van der Waals surface area contributed by atoms with E-state index >= 15 is 0 Å². The molecule has 1 aromatic carbocycles. The molecule has 1 aliphatic rings. The van der Waals surface area contributed by atoms with Crippen molar-refractivity contribution in [2.75, 3.05) is 4.90 Å². The summed E-state index contributed by atoms with van der Waals surface area (Å²) in [5.74, 6) is -0.00910. The van der Waals surface area contributed by atoms with E-state index < -0.39 is 6.04 Å². The second-order valence-corrected chi connectivity index (χ2v) is 8.93. The summed E-state index contributed by atoms with van der Waals surface area (Å²) < 4.78 is 5.44. The van der Waals surface area contributed by atoms with E-state index in [4.69, 9.17) is 4.42 Å². The highest BCUT2D eigenvalue weighted by atomic mass is 16.3. The van der Waals surface area contributed by atoms with E-state index in [1.807, 2.05) is 24.3 Å². The van der Waals surface area contributed by atoms with Crippen molar-refractivity contribution in [1.29, 1.82) is 0 Å². The maximum absolute atomic E-state index is 13.7. The van der Waals surface area contributed by atoms with Crippen molar-refractivity contribution in [2.45, 2.75) is 64.0 Å². The SMILES string of the molecule is CC(C)c1ccc(N(C(=O)c2ccco2)C(C(=O)NC2CCCCC2)c2ccncc2)cc1. The quantitative estimate of drug-likeness (QED) is 0.511. The third-order valence-corrected chi connectivity index (χ3v) is 6.27. The summed E-state index contributed by atoms with van der Waals surface area (Å²) in [6, 6.07) is 14.0. The topological polar surface area (TPSA) is 75.4 Å². The van der Waals surface area contributed by atoms with Gasteiger partial charge in [0.1, 0.15) is 6.04 Å². The molecule has 3 aromatic rings. The molecule has 1 fully saturated rings. The molecule has 1 N–H and O–H groups in total. The molecule has 2 heterocycles. The molecular formula is C27H31N3O3. The summed E-state index contributed by atoms with van der Waals surface area (Å²) in [4.78, 5) is 33.0. The molecule has 172 valence electrons. The summed E-state index contributed by atoms with van der Waals surface area (Å²) >= 11 is 0. The number of nitrogens with zero attached hydrogens (tertiary/aromatic N) is 2. The monoisotopic (exact) mass is 445 g/mol. The van der Waals surface area contributed by atoms with E-state index in [-0.39, 0.29) is 23.6 Å². The zero-order chi connectivity index (χ0) is 23.2. The van der Waals surface area contributed by atoms with Crippen LogP contribution in [-0.4, -0.2) is 22.8 Å². The van der Waals surface area contributed by atoms with Gasteiger partial charge in [-0.1, -0.05) is 45.2 Å². The maximum Gasteiger partial charge on any atom is 0.294 e. The Labute approximate surface area is 195 Å². The van der Waals surface area contributed by atoms with Crippen LogP contribution in [0.4, 0.5) is 5.69 Å². The Hall–Kier alpha value is -3.41. The predicted molar refractivity (Wildman–Crippen MR) is 128 cm³/mol. The summed E-state index contributed by atoms with van der Waals surface area (Å²) in [6.45, 7) is 4.25. The molecule has 0 aliphatic heterocycles. The minimum Gasteiger partial charge on any atom is -0.459 e. The molecule has 4 rings (SSSR count). The van der Waals surface area contributed by atoms with Crippen molar-refractivity contribution >= 4 is 17.5 Å². The molecule has 2 amide bonds. The third-order valence-electron chi connectivity index (χ3n) is 6.27. The number of amides is 2. The zero-order valence-corrected chi connectivity index (χ0v) is 19.2. The molecule has 0 bridgehead atoms. The Morgan fingerprint density at radius 3 is 2.27 bits per heavy atom. The summed E-state index contributed by atoms with van der Waals surface area (Å²) in [5.41, 5.74) is 2.50. The first-order chi connectivity index (χ1) is 16.0. The van der Waals surface area contributed by atoms with Gasteiger partial charge in [0.15, 0.2) is 5.76 Å². The molecule has 6 nitrogen and oxygen atoms in total. The fourth-order valence-electron chi connectivity index (χ4n) is 4.41. The molecule has 33 heavy (non-hydrogen) atoms. The van der Waals surface area contributed by atoms with Gasteiger partial charge in [0.05, 0.1) is 6.26 Å². The first-order valence-corrected chi connectivity index (χ1v) is 11.7. The largest absolute Gasteiger partial charge is 0.459 e. The lowest BCUT2D eigenvalue weighted by atomic mass is 9.94. The predicted octanol–water partition coefficient (Wildman–Crippen LogP) is 5.64. The number of hydrogen-bond donors (Lipinski definition) is 1. The Morgan fingerprint density at radius 2 is 1.67 bits per heavy atom. The number of carbonyl (C=O) groups is 2. The average Bonchev–Trinajstić information content (AvgIpc) is 3.38. The highest BCUT2D eigenvalue weighted by Crippen LogP contribution is 2.31. The maximum atomic E-state index is 13.7. The molecule has 0 saturated heterocycles. The lowest BCUT2D eigenvalue weighted by molar-refractivity contribution is -0.123. The van der Waals surface area contributed by atoms with Gasteiger partial charge in [-0.05, 0) is 66.3 Å². The molecule has 1 atom stereocenters. The number of hydrogen-bond acceptors (Lipinski definition) is 4. The Bertz CT molecular complexity index is 1040. The number of carbonyl (C=O) groups excluding carboxylic acids is 2. The van der Waals surface area contributed by atoms with Gasteiger partial charge in [0.25, 0.3) is 5.91 Å². The standard InChI is InChI=1S/C27H31N3O3/c1-19(2)20-10-12-23(13-11-20)30(27(32)24-9-6-18-33-24)25(21-14-16-28-17-15-21)26(31)29-22-7-4-3-5-8-22/h6,9-19,22,25H,3-5,7-8H2,1-2H3,(H,29,31). The van der Waals surface area contributed by atoms with Crippen LogP contribution in [0.25, 0.3) is 0 Å². The number of anilines is 1. The summed E-state index contributed by atoms with van der Waals surface area (Å²) in [6.07, 6.45) is 10.1. The Balaban J connectivity index is 1.76. The molecule has 6 heteroatoms. The number of benzene rings is 1. The van der Waals surface area contributed by atoms with Gasteiger partial charge in [-0.25, -0.2) is 0 Å². The van der Waals surface area contributed by atoms with Crippen molar-refractivity contribution in [1.82, 2.24) is 10.3 Å². The van der Waals surface area contributed by atoms with Crippen LogP contribution in [0, 0.1) is 0 Å². The van der Waals surface area contributed by atoms with Gasteiger partial charge >= 0.3 is 0 Å². The lowest BCUT2D eigenvalue weighted by Gasteiger charge is -2.33. The summed E-state index contributed by atoms with van der Waals surface area (Å²) in [7, 11) is 0. The number of aromatic nitrogens is 1. The van der Waals surface area contributed by atoms with Crippen molar-refractivity contribution in [3.05, 3.63) is 84.1 Å². The Morgan fingerprint density at radius 1 is 0.970 bits per heavy atom. The highest BCUT2D eigenvalue weighted by Gasteiger charge is 2.35. The third kappa shape index (κ3) is 5.33. The van der Waals surface area contributed by atoms with Crippen LogP contribution >= 0.6 is 0 Å². The van der Waals surface area contributed by atoms with E-state index in [9.17, 15) is 9.59 Å². The van der Waals surface area contributed by atoms with Gasteiger partial charge < -0.3 is 9.73 Å². The molecule has 0 radical (unpaired) electrons. The second kappa shape index (κ2) is 10.5. The molecule has 0 spiro atoms. The second-order valence-electron chi connectivity index (χ2n) is 8.93. The van der Waals surface area contributed by atoms with E-state index in [2.05, 4.69) is 24.1 Å². The number of nitrogens with one attached hydrogen (secondary N) is 1. The van der Waals surface area contributed by atoms with E-state index in [0.717, 1.165) is 31.2 Å². The van der Waals surface area contributed by atoms with Crippen LogP contribution in [0.2, 0.25) is 0 Å². The zero-order valence-electron chi connectivity index (χ0n) is 19.2. The minimum absolute atomic E-state index is 0.125. The fraction of sp³-hybridized carbons (Fsp3) is 0.370. The van der Waals surface area contributed by atoms with E-state index in [1.165, 1.54) is 17.6 Å². The van der Waals surface area contributed by atoms with Gasteiger partial charge in [-0.2, -0.15) is 0 Å². The van der Waals surface area contributed by atoms with Crippen LogP contribution in [0.1, 0.15) is 79.6 Å². The molecule has 1 saturated carbocycles. The first kappa shape index (κ1) is 22.8. The van der Waals surface area contributed by atoms with E-state index in [0.29, 0.717) is 17.2 Å². The van der Waals surface area contributed by atoms with E-state index in [1.54, 1.807) is 36.7 Å². The van der Waals surface area contributed by atoms with Gasteiger partial charge in [-0.3, -0.25) is 19.5 Å². The van der Waals surface area contributed by atoms with Crippen molar-refractivity contribution in [2.24, 2.45) is 0 Å². The Kier molecular flexibility index (Phi) is 7.23. The number of pyridine rings is 1. The first-order valence-electron chi connectivity index (χ1n) is 11.7. The van der Waals surface area contributed by atoms with Crippen LogP contribution < -0.4 is 10.2 Å². The lowest BCUT2D eigenvalue weighted by Crippen LogP contribution is -2.47. The van der Waals surface area contributed by atoms with Crippen LogP contribution in [0.15, 0.2) is 71.6 Å². The van der Waals surface area contributed by atoms with Gasteiger partial charge in [0.2, 0.25) is 5.91 Å². The van der Waals surface area contributed by atoms with Gasteiger partial charge in [0, 0.05) is 24.1 Å². The van der Waals surface area contributed by atoms with Crippen molar-refractivity contribution in [3.8, 4) is 0 Å². The van der Waals surface area contributed by atoms with Crippen molar-refractivity contribution in [3.63, 3.8) is 0 Å². The molecular weight excluding hydrogens is 414 g/mol. The van der Waals surface area contributed by atoms with Crippen LogP contribution in [0.3, 0.4) is 0 Å². The number of rotatable bonds is 7. The minimum atomic E-state index is -0.850. The highest BCUT2D eigenvalue weighted by molar-refractivity contribution is 6.08. The summed E-state index contributed by atoms with van der Waals surface area (Å²) in [5, 5.41) is 3.21. The van der Waals surface area contributed by atoms with Crippen molar-refractivity contribution < 1.29 is 14.0 Å². The molecule has 2 aromatic heterocycles.